The highest BCUT2D eigenvalue weighted by Crippen LogP contribution is 2.28. The second-order valence-electron chi connectivity index (χ2n) is 10.1. The lowest BCUT2D eigenvalue weighted by atomic mass is 9.93. The molecule has 1 N–H and O–H groups in total. The van der Waals surface area contributed by atoms with Gasteiger partial charge >= 0.3 is 6.09 Å². The number of nitrogens with one attached hydrogen (secondary N) is 1. The lowest BCUT2D eigenvalue weighted by Gasteiger charge is -2.29. The Morgan fingerprint density at radius 2 is 1.75 bits per heavy atom. The summed E-state index contributed by atoms with van der Waals surface area (Å²) in [5, 5.41) is 2.89. The fourth-order valence-electron chi connectivity index (χ4n) is 3.56. The summed E-state index contributed by atoms with van der Waals surface area (Å²) < 4.78 is 42.3. The topological polar surface area (TPSA) is 94.1 Å². The number of carbonyl (C=O) groups is 1. The summed E-state index contributed by atoms with van der Waals surface area (Å²) in [6, 6.07) is 11.9. The summed E-state index contributed by atoms with van der Waals surface area (Å²) in [5.74, 6) is -0.657. The molecule has 0 aromatic heterocycles. The summed E-state index contributed by atoms with van der Waals surface area (Å²) in [5.41, 5.74) is 2.26. The first kappa shape index (κ1) is 29.1. The number of rotatable bonds is 8. The molecule has 7 nitrogen and oxygen atoms in total. The third kappa shape index (κ3) is 8.22. The van der Waals surface area contributed by atoms with E-state index in [4.69, 9.17) is 9.47 Å². The van der Waals surface area contributed by atoms with Gasteiger partial charge in [-0.25, -0.2) is 4.79 Å². The van der Waals surface area contributed by atoms with Crippen molar-refractivity contribution in [3.8, 4) is 0 Å². The highest BCUT2D eigenvalue weighted by atomic mass is 32.2. The Hall–Kier alpha value is -3.13. The summed E-state index contributed by atoms with van der Waals surface area (Å²) in [4.78, 5) is 12.9. The molecule has 36 heavy (non-hydrogen) atoms. The Kier molecular flexibility index (Phi) is 9.49. The van der Waals surface area contributed by atoms with Crippen LogP contribution in [0.4, 0.5) is 4.79 Å². The first-order chi connectivity index (χ1) is 16.6. The van der Waals surface area contributed by atoms with E-state index in [2.05, 4.69) is 16.3 Å². The molecule has 0 saturated heterocycles. The molecule has 2 atom stereocenters. The smallest absolute Gasteiger partial charge is 0.408 e. The van der Waals surface area contributed by atoms with Gasteiger partial charge in [-0.05, 0) is 82.9 Å². The van der Waals surface area contributed by atoms with Gasteiger partial charge in [-0.15, -0.1) is 4.40 Å². The van der Waals surface area contributed by atoms with Crippen LogP contribution in [0.5, 0.6) is 0 Å². The van der Waals surface area contributed by atoms with Gasteiger partial charge in [0, 0.05) is 0 Å². The van der Waals surface area contributed by atoms with Crippen LogP contribution in [0.3, 0.4) is 0 Å². The van der Waals surface area contributed by atoms with Crippen molar-refractivity contribution in [2.24, 2.45) is 10.3 Å². The fourth-order valence-corrected chi connectivity index (χ4v) is 4.91. The van der Waals surface area contributed by atoms with E-state index in [0.717, 1.165) is 16.7 Å². The predicted octanol–water partition coefficient (Wildman–Crippen LogP) is 6.36. The van der Waals surface area contributed by atoms with Crippen LogP contribution in [0.25, 0.3) is 6.08 Å². The van der Waals surface area contributed by atoms with Crippen LogP contribution in [0.2, 0.25) is 0 Å². The van der Waals surface area contributed by atoms with Gasteiger partial charge in [-0.2, -0.15) is 8.42 Å². The molecule has 0 heterocycles. The molecule has 0 aliphatic heterocycles. The summed E-state index contributed by atoms with van der Waals surface area (Å²) in [6.45, 7) is 18.0. The molecule has 2 aromatic carbocycles. The lowest BCUT2D eigenvalue weighted by Crippen LogP contribution is -2.40. The summed E-state index contributed by atoms with van der Waals surface area (Å²) >= 11 is 0. The van der Waals surface area contributed by atoms with E-state index in [1.807, 2.05) is 37.3 Å². The van der Waals surface area contributed by atoms with E-state index in [-0.39, 0.29) is 16.9 Å². The normalized spacial score (nSPS) is 14.2. The molecule has 0 bridgehead atoms. The largest absolute Gasteiger partial charge is 0.477 e. The van der Waals surface area contributed by atoms with Crippen molar-refractivity contribution >= 4 is 28.1 Å². The van der Waals surface area contributed by atoms with Crippen LogP contribution in [0.1, 0.15) is 69.8 Å². The van der Waals surface area contributed by atoms with Crippen molar-refractivity contribution in [2.75, 3.05) is 0 Å². The summed E-state index contributed by atoms with van der Waals surface area (Å²) in [6.07, 6.45) is 0.717. The molecular formula is C28H38N2O5S. The number of sulfonamides is 1. The molecule has 0 unspecified atom stereocenters. The number of alkyl carbamates (subject to hydrolysis) is 1. The zero-order chi connectivity index (χ0) is 27.3. The monoisotopic (exact) mass is 514 g/mol. The number of ether oxygens (including phenoxy) is 2. The van der Waals surface area contributed by atoms with Crippen LogP contribution in [0.15, 0.2) is 58.3 Å². The minimum atomic E-state index is -4.09. The average Bonchev–Trinajstić information content (AvgIpc) is 2.76. The second kappa shape index (κ2) is 11.7. The predicted molar refractivity (Wildman–Crippen MR) is 145 cm³/mol. The number of hydrogen-bond donors (Lipinski definition) is 1. The second-order valence-corrected chi connectivity index (χ2v) is 11.7. The Labute approximate surface area is 215 Å². The van der Waals surface area contributed by atoms with Crippen LogP contribution >= 0.6 is 0 Å². The van der Waals surface area contributed by atoms with Gasteiger partial charge < -0.3 is 14.8 Å². The molecule has 196 valence electrons. The highest BCUT2D eigenvalue weighted by Gasteiger charge is 2.31. The first-order valence-electron chi connectivity index (χ1n) is 11.9. The van der Waals surface area contributed by atoms with Crippen molar-refractivity contribution in [1.82, 2.24) is 5.32 Å². The van der Waals surface area contributed by atoms with E-state index in [1.165, 1.54) is 0 Å². The standard InChI is InChI=1S/C28H38N2O5S/c1-10-22-12-11-13-23(17-22)25(29-27(31)35-28(7,8)9)21(6)26(34-18(2)3)30-36(32,33)24-16-19(4)14-15-20(24)5/h10-18,21,25H,1H2,2-9H3,(H,29,31)/b30-26+/t21-,25+/m1/s1. The van der Waals surface area contributed by atoms with E-state index >= 15 is 0 Å². The molecule has 0 saturated carbocycles. The molecule has 0 aliphatic rings. The lowest BCUT2D eigenvalue weighted by molar-refractivity contribution is 0.0492. The number of amides is 1. The van der Waals surface area contributed by atoms with Crippen LogP contribution in [-0.2, 0) is 19.5 Å². The van der Waals surface area contributed by atoms with Crippen molar-refractivity contribution in [2.45, 2.75) is 78.0 Å². The van der Waals surface area contributed by atoms with E-state index < -0.39 is 33.7 Å². The average molecular weight is 515 g/mol. The van der Waals surface area contributed by atoms with E-state index in [1.54, 1.807) is 66.7 Å². The Morgan fingerprint density at radius 3 is 2.33 bits per heavy atom. The molecule has 2 rings (SSSR count). The van der Waals surface area contributed by atoms with Crippen molar-refractivity contribution in [1.29, 1.82) is 0 Å². The molecule has 1 amide bonds. The van der Waals surface area contributed by atoms with Crippen molar-refractivity contribution in [3.63, 3.8) is 0 Å². The molecule has 0 aliphatic carbocycles. The molecule has 0 spiro atoms. The van der Waals surface area contributed by atoms with Crippen molar-refractivity contribution < 1.29 is 22.7 Å². The maximum absolute atomic E-state index is 13.4. The third-order valence-electron chi connectivity index (χ3n) is 5.26. The first-order valence-corrected chi connectivity index (χ1v) is 13.4. The quantitative estimate of drug-likeness (QED) is 0.327. The van der Waals surface area contributed by atoms with Gasteiger partial charge in [0.2, 0.25) is 5.90 Å². The molecule has 0 radical (unpaired) electrons. The SMILES string of the molecule is C=Cc1cccc([C@@H](NC(=O)OC(C)(C)C)[C@@H](C)/C(=N\S(=O)(=O)c2cc(C)ccc2C)OC(C)C)c1. The Bertz CT molecular complexity index is 1230. The zero-order valence-electron chi connectivity index (χ0n) is 22.5. The van der Waals surface area contributed by atoms with Gasteiger partial charge in [-0.3, -0.25) is 0 Å². The van der Waals surface area contributed by atoms with Gasteiger partial charge in [0.15, 0.2) is 0 Å². The highest BCUT2D eigenvalue weighted by molar-refractivity contribution is 7.90. The third-order valence-corrected chi connectivity index (χ3v) is 6.67. The van der Waals surface area contributed by atoms with Crippen LogP contribution in [0, 0.1) is 19.8 Å². The zero-order valence-corrected chi connectivity index (χ0v) is 23.3. The molecule has 8 heteroatoms. The van der Waals surface area contributed by atoms with Gasteiger partial charge in [0.1, 0.15) is 5.60 Å². The van der Waals surface area contributed by atoms with E-state index in [0.29, 0.717) is 5.56 Å². The number of hydrogen-bond acceptors (Lipinski definition) is 5. The maximum atomic E-state index is 13.4. The van der Waals surface area contributed by atoms with Crippen LogP contribution in [-0.4, -0.2) is 32.1 Å². The Morgan fingerprint density at radius 1 is 1.08 bits per heavy atom. The molecule has 2 aromatic rings. The van der Waals surface area contributed by atoms with Gasteiger partial charge in [0.25, 0.3) is 10.0 Å². The van der Waals surface area contributed by atoms with E-state index in [9.17, 15) is 13.2 Å². The minimum absolute atomic E-state index is 0.00373. The summed E-state index contributed by atoms with van der Waals surface area (Å²) in [7, 11) is -4.09. The van der Waals surface area contributed by atoms with Gasteiger partial charge in [0.05, 0.1) is 23.0 Å². The number of nitrogens with zero attached hydrogens (tertiary/aromatic N) is 1. The fraction of sp³-hybridized carbons (Fsp3) is 0.429. The number of aryl methyl sites for hydroxylation is 2. The maximum Gasteiger partial charge on any atom is 0.408 e. The van der Waals surface area contributed by atoms with Crippen LogP contribution < -0.4 is 5.32 Å². The van der Waals surface area contributed by atoms with Gasteiger partial charge in [-0.1, -0.05) is 49.9 Å². The number of benzene rings is 2. The Balaban J connectivity index is 2.62. The van der Waals surface area contributed by atoms with Crippen molar-refractivity contribution in [3.05, 3.63) is 71.3 Å². The number of carbonyl (C=O) groups excluding carboxylic acids is 1. The minimum Gasteiger partial charge on any atom is -0.477 e. The molecule has 0 fully saturated rings. The molecular weight excluding hydrogens is 476 g/mol.